The lowest BCUT2D eigenvalue weighted by Gasteiger charge is -2.15. The molecular weight excluding hydrogens is 300 g/mol. The van der Waals surface area contributed by atoms with Gasteiger partial charge in [0.15, 0.2) is 0 Å². The standard InChI is InChI=1S/C18H17F2NO2/c1-2-23-17(22)18(19,20)11-12-21-15-9-5-3-7-13(15)14-8-4-6-10-16(14)21/h3-10H,2,11-12H2,1H3. The molecule has 3 nitrogen and oxygen atoms in total. The average Bonchev–Trinajstić information content (AvgIpc) is 2.87. The number of halogens is 2. The monoisotopic (exact) mass is 317 g/mol. The minimum Gasteiger partial charge on any atom is -0.462 e. The molecular formula is C18H17F2NO2. The van der Waals surface area contributed by atoms with Crippen LogP contribution in [0.15, 0.2) is 48.5 Å². The first-order chi connectivity index (χ1) is 11.0. The van der Waals surface area contributed by atoms with Gasteiger partial charge in [0.25, 0.3) is 0 Å². The van der Waals surface area contributed by atoms with Crippen molar-refractivity contribution < 1.29 is 18.3 Å². The molecule has 0 atom stereocenters. The Morgan fingerprint density at radius 1 is 1.04 bits per heavy atom. The molecule has 0 aliphatic carbocycles. The number of esters is 1. The summed E-state index contributed by atoms with van der Waals surface area (Å²) in [4.78, 5) is 11.4. The maximum atomic E-state index is 13.9. The van der Waals surface area contributed by atoms with Crippen LogP contribution in [-0.4, -0.2) is 23.1 Å². The average molecular weight is 317 g/mol. The molecule has 0 saturated heterocycles. The van der Waals surface area contributed by atoms with Crippen LogP contribution < -0.4 is 0 Å². The van der Waals surface area contributed by atoms with E-state index in [0.29, 0.717) is 0 Å². The van der Waals surface area contributed by atoms with E-state index in [1.165, 1.54) is 6.92 Å². The molecule has 0 aliphatic rings. The van der Waals surface area contributed by atoms with Crippen molar-refractivity contribution >= 4 is 27.8 Å². The van der Waals surface area contributed by atoms with Crippen LogP contribution in [0, 0.1) is 0 Å². The van der Waals surface area contributed by atoms with Gasteiger partial charge in [-0.15, -0.1) is 0 Å². The zero-order valence-electron chi connectivity index (χ0n) is 12.8. The Kier molecular flexibility index (Phi) is 4.03. The summed E-state index contributed by atoms with van der Waals surface area (Å²) in [5, 5.41) is 2.03. The fourth-order valence-electron chi connectivity index (χ4n) is 2.84. The van der Waals surface area contributed by atoms with Crippen molar-refractivity contribution in [3.63, 3.8) is 0 Å². The molecule has 3 aromatic rings. The molecule has 2 aromatic carbocycles. The third-order valence-corrected chi connectivity index (χ3v) is 3.90. The molecule has 0 spiro atoms. The highest BCUT2D eigenvalue weighted by Gasteiger charge is 2.40. The third-order valence-electron chi connectivity index (χ3n) is 3.90. The van der Waals surface area contributed by atoms with Crippen LogP contribution in [0.5, 0.6) is 0 Å². The van der Waals surface area contributed by atoms with E-state index in [1.807, 2.05) is 53.1 Å². The minimum atomic E-state index is -3.48. The van der Waals surface area contributed by atoms with Crippen LogP contribution >= 0.6 is 0 Å². The Balaban J connectivity index is 1.98. The fraction of sp³-hybridized carbons (Fsp3) is 0.278. The molecule has 0 radical (unpaired) electrons. The van der Waals surface area contributed by atoms with E-state index in [1.54, 1.807) is 0 Å². The Morgan fingerprint density at radius 3 is 2.09 bits per heavy atom. The first-order valence-corrected chi connectivity index (χ1v) is 7.55. The van der Waals surface area contributed by atoms with Crippen molar-refractivity contribution in [1.29, 1.82) is 0 Å². The molecule has 23 heavy (non-hydrogen) atoms. The third kappa shape index (κ3) is 2.79. The summed E-state index contributed by atoms with van der Waals surface area (Å²) >= 11 is 0. The molecule has 0 bridgehead atoms. The molecule has 3 rings (SSSR count). The molecule has 120 valence electrons. The molecule has 0 amide bonds. The highest BCUT2D eigenvalue weighted by Crippen LogP contribution is 2.30. The highest BCUT2D eigenvalue weighted by atomic mass is 19.3. The van der Waals surface area contributed by atoms with Crippen LogP contribution in [0.2, 0.25) is 0 Å². The van der Waals surface area contributed by atoms with Gasteiger partial charge in [0, 0.05) is 34.8 Å². The number of fused-ring (bicyclic) bond motifs is 3. The van der Waals surface area contributed by atoms with Crippen LogP contribution in [-0.2, 0) is 16.1 Å². The van der Waals surface area contributed by atoms with Crippen LogP contribution in [0.1, 0.15) is 13.3 Å². The normalized spacial score (nSPS) is 12.0. The van der Waals surface area contributed by atoms with Crippen molar-refractivity contribution in [1.82, 2.24) is 4.57 Å². The first-order valence-electron chi connectivity index (χ1n) is 7.55. The second-order valence-corrected chi connectivity index (χ2v) is 5.36. The largest absolute Gasteiger partial charge is 0.462 e. The van der Waals surface area contributed by atoms with Crippen molar-refractivity contribution in [3.8, 4) is 0 Å². The zero-order chi connectivity index (χ0) is 16.4. The van der Waals surface area contributed by atoms with E-state index in [-0.39, 0.29) is 13.2 Å². The van der Waals surface area contributed by atoms with Crippen molar-refractivity contribution in [2.24, 2.45) is 0 Å². The number of hydrogen-bond acceptors (Lipinski definition) is 2. The fourth-order valence-corrected chi connectivity index (χ4v) is 2.84. The lowest BCUT2D eigenvalue weighted by Crippen LogP contribution is -2.32. The number of rotatable bonds is 5. The van der Waals surface area contributed by atoms with E-state index < -0.39 is 18.3 Å². The quantitative estimate of drug-likeness (QED) is 0.654. The van der Waals surface area contributed by atoms with E-state index in [4.69, 9.17) is 0 Å². The van der Waals surface area contributed by atoms with E-state index in [9.17, 15) is 13.6 Å². The molecule has 5 heteroatoms. The van der Waals surface area contributed by atoms with Crippen LogP contribution in [0.4, 0.5) is 8.78 Å². The van der Waals surface area contributed by atoms with E-state index in [0.717, 1.165) is 21.8 Å². The number of carbonyl (C=O) groups is 1. The number of alkyl halides is 2. The highest BCUT2D eigenvalue weighted by molar-refractivity contribution is 6.07. The molecule has 0 aliphatic heterocycles. The number of benzene rings is 2. The summed E-state index contributed by atoms with van der Waals surface area (Å²) in [5.74, 6) is -4.94. The number of carbonyl (C=O) groups excluding carboxylic acids is 1. The summed E-state index contributed by atoms with van der Waals surface area (Å²) < 4.78 is 34.1. The number of aryl methyl sites for hydroxylation is 1. The number of aromatic nitrogens is 1. The van der Waals surface area contributed by atoms with Gasteiger partial charge in [0.1, 0.15) is 0 Å². The maximum Gasteiger partial charge on any atom is 0.377 e. The van der Waals surface area contributed by atoms with Crippen molar-refractivity contribution in [2.75, 3.05) is 6.61 Å². The number of para-hydroxylation sites is 2. The van der Waals surface area contributed by atoms with E-state index >= 15 is 0 Å². The summed E-state index contributed by atoms with van der Waals surface area (Å²) in [6, 6.07) is 15.3. The smallest absolute Gasteiger partial charge is 0.377 e. The molecule has 0 saturated carbocycles. The number of ether oxygens (including phenoxy) is 1. The first kappa shape index (κ1) is 15.5. The number of hydrogen-bond donors (Lipinski definition) is 0. The van der Waals surface area contributed by atoms with Gasteiger partial charge in [0.2, 0.25) is 0 Å². The Morgan fingerprint density at radius 2 is 1.57 bits per heavy atom. The minimum absolute atomic E-state index is 0.0415. The van der Waals surface area contributed by atoms with Gasteiger partial charge in [0.05, 0.1) is 6.61 Å². The van der Waals surface area contributed by atoms with Gasteiger partial charge in [-0.25, -0.2) is 4.79 Å². The predicted octanol–water partition coefficient (Wildman–Crippen LogP) is 4.38. The second-order valence-electron chi connectivity index (χ2n) is 5.36. The van der Waals surface area contributed by atoms with Gasteiger partial charge in [-0.1, -0.05) is 36.4 Å². The van der Waals surface area contributed by atoms with Crippen molar-refractivity contribution in [3.05, 3.63) is 48.5 Å². The van der Waals surface area contributed by atoms with Crippen molar-refractivity contribution in [2.45, 2.75) is 25.8 Å². The summed E-state index contributed by atoms with van der Waals surface area (Å²) in [5.41, 5.74) is 1.77. The van der Waals surface area contributed by atoms with Gasteiger partial charge >= 0.3 is 11.9 Å². The predicted molar refractivity (Wildman–Crippen MR) is 85.6 cm³/mol. The summed E-state index contributed by atoms with van der Waals surface area (Å²) in [6.45, 7) is 1.50. The lowest BCUT2D eigenvalue weighted by atomic mass is 10.2. The van der Waals surface area contributed by atoms with Gasteiger partial charge in [-0.3, -0.25) is 0 Å². The molecule has 1 aromatic heterocycles. The Hall–Kier alpha value is -2.43. The summed E-state index contributed by atoms with van der Waals surface area (Å²) in [6.07, 6.45) is -0.589. The molecule has 0 fully saturated rings. The SMILES string of the molecule is CCOC(=O)C(F)(F)CCn1c2ccccc2c2ccccc21. The topological polar surface area (TPSA) is 31.2 Å². The zero-order valence-corrected chi connectivity index (χ0v) is 12.8. The Labute approximate surface area is 132 Å². The van der Waals surface area contributed by atoms with Gasteiger partial charge < -0.3 is 9.30 Å². The maximum absolute atomic E-state index is 13.9. The Bertz CT molecular complexity index is 801. The lowest BCUT2D eigenvalue weighted by molar-refractivity contribution is -0.172. The second kappa shape index (κ2) is 5.99. The van der Waals surface area contributed by atoms with Crippen LogP contribution in [0.3, 0.4) is 0 Å². The molecule has 0 N–H and O–H groups in total. The molecule has 1 heterocycles. The summed E-state index contributed by atoms with van der Waals surface area (Å²) in [7, 11) is 0. The van der Waals surface area contributed by atoms with Gasteiger partial charge in [-0.05, 0) is 19.1 Å². The van der Waals surface area contributed by atoms with Gasteiger partial charge in [-0.2, -0.15) is 8.78 Å². The van der Waals surface area contributed by atoms with Crippen LogP contribution in [0.25, 0.3) is 21.8 Å². The molecule has 0 unspecified atom stereocenters. The van der Waals surface area contributed by atoms with E-state index in [2.05, 4.69) is 4.74 Å². The number of nitrogens with zero attached hydrogens (tertiary/aromatic N) is 1.